The molecule has 0 bridgehead atoms. The van der Waals surface area contributed by atoms with E-state index in [0.717, 1.165) is 48.3 Å². The van der Waals surface area contributed by atoms with Gasteiger partial charge in [0.1, 0.15) is 0 Å². The van der Waals surface area contributed by atoms with Gasteiger partial charge in [0.25, 0.3) is 11.8 Å². The summed E-state index contributed by atoms with van der Waals surface area (Å²) in [4.78, 5) is 64.5. The SMILES string of the molecule is O=C([O-])CNC(=O)C1C(=O)N(C2CCCCC2)C(=O)N(C2CCCCC2)C1=O.[Na+]. The van der Waals surface area contributed by atoms with Crippen molar-refractivity contribution in [2.75, 3.05) is 6.54 Å². The second-order valence-electron chi connectivity index (χ2n) is 7.81. The average Bonchev–Trinajstić information content (AvgIpc) is 2.68. The summed E-state index contributed by atoms with van der Waals surface area (Å²) in [5, 5.41) is 12.7. The predicted octanol–water partition coefficient (Wildman–Crippen LogP) is -3.07. The summed E-state index contributed by atoms with van der Waals surface area (Å²) >= 11 is 0. The van der Waals surface area contributed by atoms with Gasteiger partial charge >= 0.3 is 35.6 Å². The van der Waals surface area contributed by atoms with Crippen molar-refractivity contribution in [3.63, 3.8) is 0 Å². The number of carbonyl (C=O) groups is 5. The molecule has 1 saturated heterocycles. The first kappa shape index (κ1) is 23.8. The summed E-state index contributed by atoms with van der Waals surface area (Å²) in [7, 11) is 0. The monoisotopic (exact) mass is 415 g/mol. The number of hydrogen-bond acceptors (Lipinski definition) is 6. The zero-order valence-electron chi connectivity index (χ0n) is 16.9. The van der Waals surface area contributed by atoms with Crippen LogP contribution in [0, 0.1) is 5.92 Å². The Morgan fingerprint density at radius 2 is 1.24 bits per heavy atom. The fourth-order valence-electron chi connectivity index (χ4n) is 4.52. The molecule has 154 valence electrons. The molecule has 1 N–H and O–H groups in total. The molecule has 3 aliphatic rings. The van der Waals surface area contributed by atoms with Crippen molar-refractivity contribution in [1.82, 2.24) is 15.1 Å². The molecule has 0 aromatic heterocycles. The van der Waals surface area contributed by atoms with E-state index in [1.807, 2.05) is 0 Å². The Kier molecular flexibility index (Phi) is 8.66. The van der Waals surface area contributed by atoms with Gasteiger partial charge in [-0.15, -0.1) is 0 Å². The summed E-state index contributed by atoms with van der Waals surface area (Å²) in [6.45, 7) is -0.795. The summed E-state index contributed by atoms with van der Waals surface area (Å²) in [6.07, 6.45) is 8.15. The predicted molar refractivity (Wildman–Crippen MR) is 94.3 cm³/mol. The van der Waals surface area contributed by atoms with Crippen molar-refractivity contribution in [3.8, 4) is 0 Å². The van der Waals surface area contributed by atoms with Crippen molar-refractivity contribution >= 4 is 29.7 Å². The number of barbiturate groups is 1. The molecule has 5 amide bonds. The van der Waals surface area contributed by atoms with Crippen LogP contribution in [0.25, 0.3) is 0 Å². The van der Waals surface area contributed by atoms with Crippen LogP contribution in [-0.4, -0.2) is 58.2 Å². The van der Waals surface area contributed by atoms with Crippen LogP contribution in [-0.2, 0) is 19.2 Å². The smallest absolute Gasteiger partial charge is 0.548 e. The van der Waals surface area contributed by atoms with E-state index in [-0.39, 0.29) is 41.6 Å². The van der Waals surface area contributed by atoms with Crippen LogP contribution in [0.5, 0.6) is 0 Å². The Morgan fingerprint density at radius 3 is 1.62 bits per heavy atom. The largest absolute Gasteiger partial charge is 1.00 e. The maximum atomic E-state index is 13.2. The van der Waals surface area contributed by atoms with Gasteiger partial charge in [0, 0.05) is 12.1 Å². The molecule has 0 atom stereocenters. The molecule has 29 heavy (non-hydrogen) atoms. The van der Waals surface area contributed by atoms with Gasteiger partial charge in [-0.1, -0.05) is 38.5 Å². The van der Waals surface area contributed by atoms with Crippen LogP contribution in [0.4, 0.5) is 4.79 Å². The number of carboxylic acid groups (broad SMARTS) is 1. The third-order valence-corrected chi connectivity index (χ3v) is 5.93. The average molecular weight is 415 g/mol. The van der Waals surface area contributed by atoms with Crippen LogP contribution >= 0.6 is 0 Å². The van der Waals surface area contributed by atoms with Crippen LogP contribution in [0.15, 0.2) is 0 Å². The second-order valence-corrected chi connectivity index (χ2v) is 7.81. The fourth-order valence-corrected chi connectivity index (χ4v) is 4.52. The number of carbonyl (C=O) groups excluding carboxylic acids is 5. The summed E-state index contributed by atoms with van der Waals surface area (Å²) in [5.41, 5.74) is 0. The van der Waals surface area contributed by atoms with Crippen LogP contribution < -0.4 is 40.0 Å². The van der Waals surface area contributed by atoms with E-state index in [0.29, 0.717) is 25.7 Å². The Hall–Kier alpha value is -1.45. The molecule has 10 heteroatoms. The van der Waals surface area contributed by atoms with E-state index in [9.17, 15) is 29.1 Å². The zero-order chi connectivity index (χ0) is 20.3. The number of carboxylic acids is 1. The van der Waals surface area contributed by atoms with Gasteiger partial charge in [0.05, 0.1) is 12.5 Å². The number of aliphatic carboxylic acids is 1. The van der Waals surface area contributed by atoms with Crippen molar-refractivity contribution in [3.05, 3.63) is 0 Å². The molecule has 1 aliphatic heterocycles. The summed E-state index contributed by atoms with van der Waals surface area (Å²) in [5.74, 6) is -5.92. The van der Waals surface area contributed by atoms with E-state index in [4.69, 9.17) is 0 Å². The maximum Gasteiger partial charge on any atom is 1.00 e. The van der Waals surface area contributed by atoms with E-state index in [1.165, 1.54) is 0 Å². The van der Waals surface area contributed by atoms with Crippen LogP contribution in [0.2, 0.25) is 0 Å². The molecule has 2 saturated carbocycles. The van der Waals surface area contributed by atoms with E-state index < -0.39 is 42.2 Å². The molecule has 3 rings (SSSR count). The third kappa shape index (κ3) is 5.19. The minimum atomic E-state index is -1.72. The van der Waals surface area contributed by atoms with Gasteiger partial charge < -0.3 is 15.2 Å². The normalized spacial score (nSPS) is 22.4. The first-order valence-corrected chi connectivity index (χ1v) is 10.1. The molecule has 2 aliphatic carbocycles. The summed E-state index contributed by atoms with van der Waals surface area (Å²) < 4.78 is 0. The third-order valence-electron chi connectivity index (χ3n) is 5.93. The van der Waals surface area contributed by atoms with Gasteiger partial charge in [0.2, 0.25) is 5.91 Å². The number of imide groups is 2. The zero-order valence-corrected chi connectivity index (χ0v) is 18.9. The minimum Gasteiger partial charge on any atom is -0.548 e. The molecule has 0 radical (unpaired) electrons. The van der Waals surface area contributed by atoms with Crippen LogP contribution in [0.1, 0.15) is 64.2 Å². The first-order valence-electron chi connectivity index (χ1n) is 10.1. The number of amides is 5. The van der Waals surface area contributed by atoms with Crippen molar-refractivity contribution < 1.29 is 58.6 Å². The number of rotatable bonds is 5. The molecular weight excluding hydrogens is 389 g/mol. The molecule has 0 unspecified atom stereocenters. The van der Waals surface area contributed by atoms with E-state index in [1.54, 1.807) is 0 Å². The van der Waals surface area contributed by atoms with Gasteiger partial charge in [-0.2, -0.15) is 0 Å². The topological polar surface area (TPSA) is 127 Å². The second kappa shape index (κ2) is 10.5. The quantitative estimate of drug-likeness (QED) is 0.375. The number of nitrogens with zero attached hydrogens (tertiary/aromatic N) is 2. The Bertz CT molecular complexity index is 633. The molecule has 0 aromatic carbocycles. The van der Waals surface area contributed by atoms with Gasteiger partial charge in [-0.3, -0.25) is 24.2 Å². The number of hydrogen-bond donors (Lipinski definition) is 1. The maximum absolute atomic E-state index is 13.2. The minimum absolute atomic E-state index is 0. The van der Waals surface area contributed by atoms with Crippen molar-refractivity contribution in [2.24, 2.45) is 5.92 Å². The molecule has 0 spiro atoms. The molecule has 1 heterocycles. The summed E-state index contributed by atoms with van der Waals surface area (Å²) in [6, 6.07) is -1.29. The Balaban J connectivity index is 0.00000300. The van der Waals surface area contributed by atoms with Gasteiger partial charge in [-0.25, -0.2) is 4.79 Å². The Morgan fingerprint density at radius 1 is 0.828 bits per heavy atom. The molecule has 0 aromatic rings. The van der Waals surface area contributed by atoms with Crippen molar-refractivity contribution in [1.29, 1.82) is 0 Å². The standard InChI is InChI=1S/C19H27N3O6.Na/c23-14(24)11-20-16(25)15-17(26)21(12-7-3-1-4-8-12)19(28)22(18(15)27)13-9-5-2-6-10-13;/h12-13,15H,1-11H2,(H,20,25)(H,23,24);/q;+1/p-1. The molecule has 3 fully saturated rings. The van der Waals surface area contributed by atoms with E-state index in [2.05, 4.69) is 5.32 Å². The first-order chi connectivity index (χ1) is 13.4. The number of urea groups is 1. The molecule has 9 nitrogen and oxygen atoms in total. The number of nitrogens with one attached hydrogen (secondary N) is 1. The van der Waals surface area contributed by atoms with Crippen molar-refractivity contribution in [2.45, 2.75) is 76.3 Å². The van der Waals surface area contributed by atoms with Crippen LogP contribution in [0.3, 0.4) is 0 Å². The molecular formula is C19H26N3NaO6. The Labute approximate surface area is 191 Å². The fraction of sp³-hybridized carbons (Fsp3) is 0.737. The van der Waals surface area contributed by atoms with Gasteiger partial charge in [0.15, 0.2) is 5.92 Å². The van der Waals surface area contributed by atoms with Gasteiger partial charge in [-0.05, 0) is 25.7 Å². The van der Waals surface area contributed by atoms with E-state index >= 15 is 0 Å².